The third kappa shape index (κ3) is 5.41. The summed E-state index contributed by atoms with van der Waals surface area (Å²) in [4.78, 5) is 0. The summed E-state index contributed by atoms with van der Waals surface area (Å²) in [6.45, 7) is 8.80. The molecule has 0 saturated carbocycles. The highest BCUT2D eigenvalue weighted by atomic mass is 31.1. The van der Waals surface area contributed by atoms with Gasteiger partial charge >= 0.3 is 0 Å². The average Bonchev–Trinajstić information content (AvgIpc) is 3.67. The SMILES string of the molecule is Cc1ccc(P(c2ccc(C)cc2)c2cccc3c2C2(CC3)CCc3cccc(P(c4ccc(C)cc4)c4ccc(C)cc4)c32)cc1. The van der Waals surface area contributed by atoms with Crippen LogP contribution in [0.15, 0.2) is 133 Å². The summed E-state index contributed by atoms with van der Waals surface area (Å²) in [6.07, 6.45) is 4.68. The predicted octanol–water partition coefficient (Wildman–Crippen LogP) is 8.62. The highest BCUT2D eigenvalue weighted by Gasteiger charge is 2.49. The Bertz CT molecular complexity index is 1810. The monoisotopic (exact) mass is 644 g/mol. The van der Waals surface area contributed by atoms with Gasteiger partial charge in [-0.3, -0.25) is 0 Å². The van der Waals surface area contributed by atoms with Crippen molar-refractivity contribution in [1.82, 2.24) is 0 Å². The second-order valence-electron chi connectivity index (χ2n) is 13.7. The molecule has 0 aliphatic heterocycles. The summed E-state index contributed by atoms with van der Waals surface area (Å²) >= 11 is 0. The normalized spacial score (nSPS) is 14.6. The van der Waals surface area contributed by atoms with Crippen molar-refractivity contribution in [2.75, 3.05) is 0 Å². The number of aryl methyl sites for hydroxylation is 6. The molecule has 0 atom stereocenters. The van der Waals surface area contributed by atoms with Crippen LogP contribution in [0.2, 0.25) is 0 Å². The zero-order valence-corrected chi connectivity index (χ0v) is 29.7. The quantitative estimate of drug-likeness (QED) is 0.159. The Labute approximate surface area is 283 Å². The Morgan fingerprint density at radius 3 is 0.979 bits per heavy atom. The van der Waals surface area contributed by atoms with Crippen LogP contribution in [0.1, 0.15) is 57.3 Å². The van der Waals surface area contributed by atoms with Crippen molar-refractivity contribution in [3.8, 4) is 0 Å². The Balaban J connectivity index is 1.36. The molecule has 0 radical (unpaired) electrons. The van der Waals surface area contributed by atoms with E-state index in [0.717, 1.165) is 12.8 Å². The van der Waals surface area contributed by atoms with Gasteiger partial charge in [-0.25, -0.2) is 0 Å². The maximum atomic E-state index is 2.49. The highest BCUT2D eigenvalue weighted by molar-refractivity contribution is 7.80. The number of benzene rings is 6. The van der Waals surface area contributed by atoms with Gasteiger partial charge in [0.2, 0.25) is 0 Å². The zero-order chi connectivity index (χ0) is 32.1. The molecule has 0 fully saturated rings. The lowest BCUT2D eigenvalue weighted by Gasteiger charge is -2.35. The third-order valence-corrected chi connectivity index (χ3v) is 15.5. The second-order valence-corrected chi connectivity index (χ2v) is 18.1. The first kappa shape index (κ1) is 30.5. The number of hydrogen-bond acceptors (Lipinski definition) is 0. The van der Waals surface area contributed by atoms with E-state index in [1.54, 1.807) is 32.9 Å². The van der Waals surface area contributed by atoms with Gasteiger partial charge in [0.1, 0.15) is 0 Å². The van der Waals surface area contributed by atoms with Crippen LogP contribution < -0.4 is 31.8 Å². The second kappa shape index (κ2) is 12.3. The van der Waals surface area contributed by atoms with Gasteiger partial charge < -0.3 is 0 Å². The van der Waals surface area contributed by atoms with Crippen molar-refractivity contribution < 1.29 is 0 Å². The summed E-state index contributed by atoms with van der Waals surface area (Å²) in [7, 11) is -1.44. The number of hydrogen-bond donors (Lipinski definition) is 0. The fraction of sp³-hybridized carbons (Fsp3) is 0.200. The van der Waals surface area contributed by atoms with E-state index in [9.17, 15) is 0 Å². The van der Waals surface area contributed by atoms with Crippen LogP contribution in [-0.4, -0.2) is 0 Å². The zero-order valence-electron chi connectivity index (χ0n) is 27.9. The minimum absolute atomic E-state index is 0.0316. The summed E-state index contributed by atoms with van der Waals surface area (Å²) in [6, 6.07) is 52.1. The molecule has 6 aromatic carbocycles. The molecule has 0 saturated heterocycles. The maximum Gasteiger partial charge on any atom is 0.0227 e. The highest BCUT2D eigenvalue weighted by Crippen LogP contribution is 2.55. The van der Waals surface area contributed by atoms with E-state index in [1.165, 1.54) is 56.3 Å². The first-order valence-corrected chi connectivity index (χ1v) is 19.7. The van der Waals surface area contributed by atoms with Crippen molar-refractivity contribution in [1.29, 1.82) is 0 Å². The van der Waals surface area contributed by atoms with Crippen LogP contribution in [0, 0.1) is 27.7 Å². The standard InChI is InChI=1S/C45H42P2/c1-31-11-19-37(20-12-31)46(38-21-13-32(2)14-22-38)41-9-5-7-35-27-29-45(43(35)41)30-28-36-8-6-10-42(44(36)45)47(39-23-15-33(3)16-24-39)40-25-17-34(4)18-26-40/h5-26H,27-30H2,1-4H3. The van der Waals surface area contributed by atoms with Crippen molar-refractivity contribution in [3.63, 3.8) is 0 Å². The van der Waals surface area contributed by atoms with Crippen LogP contribution in [0.4, 0.5) is 0 Å². The van der Waals surface area contributed by atoms with Crippen LogP contribution >= 0.6 is 15.8 Å². The molecule has 1 spiro atoms. The molecule has 6 aromatic rings. The Kier molecular flexibility index (Phi) is 8.00. The van der Waals surface area contributed by atoms with Crippen molar-refractivity contribution in [3.05, 3.63) is 178 Å². The summed E-state index contributed by atoms with van der Waals surface area (Å²) in [5.41, 5.74) is 11.7. The Morgan fingerprint density at radius 2 is 0.681 bits per heavy atom. The molecule has 0 unspecified atom stereocenters. The van der Waals surface area contributed by atoms with Gasteiger partial charge in [0.25, 0.3) is 0 Å². The van der Waals surface area contributed by atoms with E-state index in [0.29, 0.717) is 0 Å². The van der Waals surface area contributed by atoms with E-state index in [1.807, 2.05) is 0 Å². The largest absolute Gasteiger partial charge is 0.0613 e. The van der Waals surface area contributed by atoms with E-state index in [4.69, 9.17) is 0 Å². The summed E-state index contributed by atoms with van der Waals surface area (Å²) in [5.74, 6) is 0. The molecule has 0 aromatic heterocycles. The minimum Gasteiger partial charge on any atom is -0.0613 e. The molecule has 0 nitrogen and oxygen atoms in total. The smallest absolute Gasteiger partial charge is 0.0227 e. The van der Waals surface area contributed by atoms with Gasteiger partial charge in [-0.2, -0.15) is 0 Å². The fourth-order valence-electron chi connectivity index (χ4n) is 8.14. The van der Waals surface area contributed by atoms with Crippen LogP contribution in [0.3, 0.4) is 0 Å². The molecule has 2 heteroatoms. The maximum absolute atomic E-state index is 2.49. The lowest BCUT2D eigenvalue weighted by Crippen LogP contribution is -2.35. The molecule has 0 heterocycles. The average molecular weight is 645 g/mol. The van der Waals surface area contributed by atoms with Crippen LogP contribution in [0.25, 0.3) is 0 Å². The molecule has 232 valence electrons. The van der Waals surface area contributed by atoms with Gasteiger partial charge in [-0.05, 0) is 123 Å². The van der Waals surface area contributed by atoms with Crippen LogP contribution in [0.5, 0.6) is 0 Å². The molecule has 2 aliphatic rings. The molecule has 0 N–H and O–H groups in total. The van der Waals surface area contributed by atoms with E-state index < -0.39 is 15.8 Å². The first-order valence-electron chi connectivity index (χ1n) is 17.0. The molecular formula is C45H42P2. The van der Waals surface area contributed by atoms with E-state index in [-0.39, 0.29) is 5.41 Å². The lowest BCUT2D eigenvalue weighted by atomic mass is 9.76. The van der Waals surface area contributed by atoms with Crippen molar-refractivity contribution in [2.24, 2.45) is 0 Å². The Hall–Kier alpha value is -3.82. The van der Waals surface area contributed by atoms with Gasteiger partial charge in [0.05, 0.1) is 0 Å². The lowest BCUT2D eigenvalue weighted by molar-refractivity contribution is 0.512. The molecule has 0 bridgehead atoms. The summed E-state index contributed by atoms with van der Waals surface area (Å²) < 4.78 is 0. The predicted molar refractivity (Wildman–Crippen MR) is 207 cm³/mol. The minimum atomic E-state index is -0.720. The molecule has 47 heavy (non-hydrogen) atoms. The fourth-order valence-corrected chi connectivity index (χ4v) is 13.3. The summed E-state index contributed by atoms with van der Waals surface area (Å²) in [5, 5.41) is 8.88. The topological polar surface area (TPSA) is 0 Å². The van der Waals surface area contributed by atoms with Crippen molar-refractivity contribution >= 4 is 47.7 Å². The number of rotatable bonds is 6. The van der Waals surface area contributed by atoms with Crippen LogP contribution in [-0.2, 0) is 18.3 Å². The van der Waals surface area contributed by atoms with Gasteiger partial charge in [-0.15, -0.1) is 0 Å². The third-order valence-electron chi connectivity index (χ3n) is 10.5. The molecule has 2 aliphatic carbocycles. The molecule has 0 amide bonds. The molecular weight excluding hydrogens is 602 g/mol. The first-order chi connectivity index (χ1) is 22.9. The van der Waals surface area contributed by atoms with Gasteiger partial charge in [0, 0.05) is 5.41 Å². The van der Waals surface area contributed by atoms with E-state index in [2.05, 4.69) is 161 Å². The van der Waals surface area contributed by atoms with Gasteiger partial charge in [-0.1, -0.05) is 156 Å². The Morgan fingerprint density at radius 1 is 0.383 bits per heavy atom. The number of fused-ring (bicyclic) bond motifs is 4. The van der Waals surface area contributed by atoms with Crippen molar-refractivity contribution in [2.45, 2.75) is 58.8 Å². The van der Waals surface area contributed by atoms with Gasteiger partial charge in [0.15, 0.2) is 0 Å². The molecule has 8 rings (SSSR count). The van der Waals surface area contributed by atoms with E-state index >= 15 is 0 Å².